The lowest BCUT2D eigenvalue weighted by molar-refractivity contribution is 0.470. The first-order chi connectivity index (χ1) is 9.24. The zero-order chi connectivity index (χ0) is 13.2. The third-order valence-corrected chi connectivity index (χ3v) is 3.05. The molecule has 0 aliphatic rings. The molecule has 3 rings (SSSR count). The van der Waals surface area contributed by atoms with Gasteiger partial charge in [0.2, 0.25) is 0 Å². The Bertz CT molecular complexity index is 759. The first-order valence-electron chi connectivity index (χ1n) is 6.00. The maximum absolute atomic E-state index is 9.91. The van der Waals surface area contributed by atoms with Crippen LogP contribution in [0.5, 0.6) is 5.75 Å². The van der Waals surface area contributed by atoms with Gasteiger partial charge in [0.15, 0.2) is 0 Å². The molecule has 0 saturated heterocycles. The second kappa shape index (κ2) is 4.57. The number of nitrogens with zero attached hydrogens (tertiary/aromatic N) is 2. The summed E-state index contributed by atoms with van der Waals surface area (Å²) in [7, 11) is 0. The number of benzene rings is 2. The number of aryl methyl sites for hydroxylation is 1. The molecule has 1 heterocycles. The van der Waals surface area contributed by atoms with Gasteiger partial charge < -0.3 is 5.11 Å². The second-order valence-electron chi connectivity index (χ2n) is 4.41. The summed E-state index contributed by atoms with van der Waals surface area (Å²) in [5.74, 6) is 0.274. The van der Waals surface area contributed by atoms with Crippen molar-refractivity contribution in [2.75, 3.05) is 0 Å². The molecular formula is C15H13N3O. The van der Waals surface area contributed by atoms with Gasteiger partial charge in [-0.3, -0.25) is 10.1 Å². The highest BCUT2D eigenvalue weighted by Crippen LogP contribution is 2.22. The molecule has 0 fully saturated rings. The standard InChI is InChI=1S/C15H13N3O/c1-10-3-2-4-11(15(10)19)8-16-13-5-6-14-12(7-13)9-17-18-14/h2-9,19H,1H3,(H,17,18). The van der Waals surface area contributed by atoms with E-state index in [0.717, 1.165) is 22.2 Å². The molecule has 0 amide bonds. The van der Waals surface area contributed by atoms with Gasteiger partial charge in [-0.05, 0) is 36.8 Å². The van der Waals surface area contributed by atoms with Gasteiger partial charge in [0.25, 0.3) is 0 Å². The first kappa shape index (κ1) is 11.5. The smallest absolute Gasteiger partial charge is 0.127 e. The summed E-state index contributed by atoms with van der Waals surface area (Å²) in [4.78, 5) is 4.38. The minimum Gasteiger partial charge on any atom is -0.507 e. The van der Waals surface area contributed by atoms with Gasteiger partial charge in [-0.25, -0.2) is 0 Å². The van der Waals surface area contributed by atoms with Gasteiger partial charge in [-0.2, -0.15) is 5.10 Å². The van der Waals surface area contributed by atoms with E-state index in [1.165, 1.54) is 0 Å². The summed E-state index contributed by atoms with van der Waals surface area (Å²) in [5.41, 5.74) is 3.37. The van der Waals surface area contributed by atoms with Crippen molar-refractivity contribution in [3.05, 3.63) is 53.7 Å². The molecule has 19 heavy (non-hydrogen) atoms. The molecule has 3 aromatic rings. The van der Waals surface area contributed by atoms with E-state index in [2.05, 4.69) is 15.2 Å². The maximum atomic E-state index is 9.91. The topological polar surface area (TPSA) is 61.3 Å². The van der Waals surface area contributed by atoms with Crippen molar-refractivity contribution in [2.24, 2.45) is 4.99 Å². The molecule has 1 aromatic heterocycles. The number of fused-ring (bicyclic) bond motifs is 1. The molecule has 0 spiro atoms. The number of para-hydroxylation sites is 1. The van der Waals surface area contributed by atoms with Crippen molar-refractivity contribution in [2.45, 2.75) is 6.92 Å². The van der Waals surface area contributed by atoms with Crippen LogP contribution in [-0.2, 0) is 0 Å². The Hall–Kier alpha value is -2.62. The summed E-state index contributed by atoms with van der Waals surface area (Å²) < 4.78 is 0. The fourth-order valence-electron chi connectivity index (χ4n) is 1.94. The van der Waals surface area contributed by atoms with E-state index in [0.29, 0.717) is 5.56 Å². The van der Waals surface area contributed by atoms with Crippen molar-refractivity contribution in [1.29, 1.82) is 0 Å². The third kappa shape index (κ3) is 2.20. The van der Waals surface area contributed by atoms with Crippen LogP contribution in [0.3, 0.4) is 0 Å². The summed E-state index contributed by atoms with van der Waals surface area (Å²) in [6.07, 6.45) is 3.43. The van der Waals surface area contributed by atoms with Crippen molar-refractivity contribution in [3.63, 3.8) is 0 Å². The number of aliphatic imine (C=N–C) groups is 1. The number of aromatic hydroxyl groups is 1. The predicted molar refractivity (Wildman–Crippen MR) is 76.2 cm³/mol. The van der Waals surface area contributed by atoms with E-state index in [1.807, 2.05) is 43.3 Å². The van der Waals surface area contributed by atoms with Crippen LogP contribution in [0.2, 0.25) is 0 Å². The Balaban J connectivity index is 1.95. The third-order valence-electron chi connectivity index (χ3n) is 3.05. The van der Waals surface area contributed by atoms with Crippen LogP contribution < -0.4 is 0 Å². The fourth-order valence-corrected chi connectivity index (χ4v) is 1.94. The van der Waals surface area contributed by atoms with Crippen molar-refractivity contribution in [1.82, 2.24) is 10.2 Å². The quantitative estimate of drug-likeness (QED) is 0.686. The van der Waals surface area contributed by atoms with Crippen LogP contribution in [0, 0.1) is 6.92 Å². The Morgan fingerprint density at radius 2 is 2.16 bits per heavy atom. The van der Waals surface area contributed by atoms with Crippen molar-refractivity contribution in [3.8, 4) is 5.75 Å². The predicted octanol–water partition coefficient (Wildman–Crippen LogP) is 3.33. The normalized spacial score (nSPS) is 11.4. The fraction of sp³-hybridized carbons (Fsp3) is 0.0667. The lowest BCUT2D eigenvalue weighted by Crippen LogP contribution is -1.84. The Kier molecular flexibility index (Phi) is 2.76. The summed E-state index contributed by atoms with van der Waals surface area (Å²) in [6, 6.07) is 11.4. The number of aromatic nitrogens is 2. The van der Waals surface area contributed by atoms with Gasteiger partial charge >= 0.3 is 0 Å². The average molecular weight is 251 g/mol. The highest BCUT2D eigenvalue weighted by molar-refractivity contribution is 5.87. The zero-order valence-corrected chi connectivity index (χ0v) is 10.5. The van der Waals surface area contributed by atoms with Gasteiger partial charge in [-0.1, -0.05) is 12.1 Å². The van der Waals surface area contributed by atoms with Gasteiger partial charge in [0.05, 0.1) is 17.4 Å². The summed E-state index contributed by atoms with van der Waals surface area (Å²) >= 11 is 0. The molecule has 2 aromatic carbocycles. The van der Waals surface area contributed by atoms with Gasteiger partial charge in [-0.15, -0.1) is 0 Å². The number of phenolic OH excluding ortho intramolecular Hbond substituents is 1. The SMILES string of the molecule is Cc1cccc(C=Nc2ccc3[nH]ncc3c2)c1O. The van der Waals surface area contributed by atoms with Crippen LogP contribution in [0.25, 0.3) is 10.9 Å². The number of hydrogen-bond donors (Lipinski definition) is 2. The lowest BCUT2D eigenvalue weighted by Gasteiger charge is -2.01. The molecule has 0 unspecified atom stereocenters. The number of H-pyrrole nitrogens is 1. The molecule has 0 saturated carbocycles. The largest absolute Gasteiger partial charge is 0.507 e. The van der Waals surface area contributed by atoms with E-state index < -0.39 is 0 Å². The molecule has 0 radical (unpaired) electrons. The molecule has 0 bridgehead atoms. The molecule has 0 aliphatic carbocycles. The Morgan fingerprint density at radius 3 is 3.05 bits per heavy atom. The second-order valence-corrected chi connectivity index (χ2v) is 4.41. The number of aromatic amines is 1. The van der Waals surface area contributed by atoms with E-state index in [1.54, 1.807) is 12.4 Å². The number of rotatable bonds is 2. The average Bonchev–Trinajstić information content (AvgIpc) is 2.88. The maximum Gasteiger partial charge on any atom is 0.127 e. The minimum atomic E-state index is 0.274. The van der Waals surface area contributed by atoms with Crippen LogP contribution in [0.1, 0.15) is 11.1 Å². The van der Waals surface area contributed by atoms with Crippen LogP contribution in [-0.4, -0.2) is 21.5 Å². The van der Waals surface area contributed by atoms with Crippen LogP contribution >= 0.6 is 0 Å². The molecule has 94 valence electrons. The number of nitrogens with one attached hydrogen (secondary N) is 1. The summed E-state index contributed by atoms with van der Waals surface area (Å²) in [5, 5.41) is 17.8. The van der Waals surface area contributed by atoms with E-state index in [-0.39, 0.29) is 5.75 Å². The van der Waals surface area contributed by atoms with Crippen LogP contribution in [0.4, 0.5) is 5.69 Å². The molecule has 4 heteroatoms. The highest BCUT2D eigenvalue weighted by Gasteiger charge is 2.01. The van der Waals surface area contributed by atoms with Crippen molar-refractivity contribution < 1.29 is 5.11 Å². The van der Waals surface area contributed by atoms with E-state index >= 15 is 0 Å². The summed E-state index contributed by atoms with van der Waals surface area (Å²) in [6.45, 7) is 1.87. The lowest BCUT2D eigenvalue weighted by atomic mass is 10.1. The highest BCUT2D eigenvalue weighted by atomic mass is 16.3. The van der Waals surface area contributed by atoms with Crippen LogP contribution in [0.15, 0.2) is 47.6 Å². The Morgan fingerprint density at radius 1 is 1.26 bits per heavy atom. The molecule has 0 atom stereocenters. The Labute approximate surface area is 110 Å². The van der Waals surface area contributed by atoms with E-state index in [9.17, 15) is 5.11 Å². The van der Waals surface area contributed by atoms with Crippen molar-refractivity contribution >= 4 is 22.8 Å². The molecule has 2 N–H and O–H groups in total. The monoisotopic (exact) mass is 251 g/mol. The van der Waals surface area contributed by atoms with E-state index in [4.69, 9.17) is 0 Å². The number of phenols is 1. The first-order valence-corrected chi connectivity index (χ1v) is 6.00. The molecule has 4 nitrogen and oxygen atoms in total. The van der Waals surface area contributed by atoms with Gasteiger partial charge in [0, 0.05) is 17.2 Å². The van der Waals surface area contributed by atoms with Gasteiger partial charge in [0.1, 0.15) is 5.75 Å². The zero-order valence-electron chi connectivity index (χ0n) is 10.5. The number of hydrogen-bond acceptors (Lipinski definition) is 3. The minimum absolute atomic E-state index is 0.274. The molecular weight excluding hydrogens is 238 g/mol. The molecule has 0 aliphatic heterocycles.